The first-order valence-electron chi connectivity index (χ1n) is 4.88. The minimum atomic E-state index is -0.334. The monoisotopic (exact) mass is 186 g/mol. The molecule has 1 unspecified atom stereocenters. The Labute approximate surface area is 81.6 Å². The fraction of sp³-hybridized carbons (Fsp3) is 0.818. The van der Waals surface area contributed by atoms with Gasteiger partial charge in [0.25, 0.3) is 0 Å². The van der Waals surface area contributed by atoms with Gasteiger partial charge in [0.05, 0.1) is 18.3 Å². The third-order valence-electron chi connectivity index (χ3n) is 1.65. The van der Waals surface area contributed by atoms with Crippen molar-refractivity contribution in [2.45, 2.75) is 51.7 Å². The van der Waals surface area contributed by atoms with Crippen LogP contribution < -0.4 is 0 Å². The highest BCUT2D eigenvalue weighted by Crippen LogP contribution is 2.09. The van der Waals surface area contributed by atoms with Crippen LogP contribution in [-0.4, -0.2) is 23.4 Å². The highest BCUT2D eigenvalue weighted by molar-refractivity contribution is 4.68. The van der Waals surface area contributed by atoms with Gasteiger partial charge in [-0.1, -0.05) is 6.08 Å². The molecule has 2 nitrogen and oxygen atoms in total. The molecule has 0 amide bonds. The van der Waals surface area contributed by atoms with E-state index in [2.05, 4.69) is 6.58 Å². The predicted molar refractivity (Wildman–Crippen MR) is 55.8 cm³/mol. The molecule has 0 spiro atoms. The summed E-state index contributed by atoms with van der Waals surface area (Å²) in [5.74, 6) is 0. The van der Waals surface area contributed by atoms with Gasteiger partial charge in [-0.25, -0.2) is 0 Å². The van der Waals surface area contributed by atoms with E-state index in [1.165, 1.54) is 0 Å². The van der Waals surface area contributed by atoms with Crippen LogP contribution in [0.3, 0.4) is 0 Å². The number of allylic oxidation sites excluding steroid dienone is 1. The van der Waals surface area contributed by atoms with Gasteiger partial charge in [-0.3, -0.25) is 0 Å². The highest BCUT2D eigenvalue weighted by atomic mass is 16.5. The lowest BCUT2D eigenvalue weighted by atomic mass is 10.1. The number of ether oxygens (including phenoxy) is 1. The molecule has 0 heterocycles. The smallest absolute Gasteiger partial charge is 0.0774 e. The number of hydrogen-bond acceptors (Lipinski definition) is 2. The molecule has 78 valence electrons. The lowest BCUT2D eigenvalue weighted by Crippen LogP contribution is -2.26. The van der Waals surface area contributed by atoms with E-state index in [0.717, 1.165) is 19.3 Å². The molecule has 0 saturated carbocycles. The van der Waals surface area contributed by atoms with Gasteiger partial charge < -0.3 is 9.84 Å². The van der Waals surface area contributed by atoms with Crippen molar-refractivity contribution in [2.24, 2.45) is 0 Å². The van der Waals surface area contributed by atoms with Crippen LogP contribution in [0.2, 0.25) is 0 Å². The Morgan fingerprint density at radius 2 is 2.08 bits per heavy atom. The number of rotatable bonds is 6. The summed E-state index contributed by atoms with van der Waals surface area (Å²) in [6.07, 6.45) is 4.28. The van der Waals surface area contributed by atoms with Crippen LogP contribution in [0.4, 0.5) is 0 Å². The molecule has 0 radical (unpaired) electrons. The molecule has 0 aliphatic heterocycles. The van der Waals surface area contributed by atoms with Crippen molar-refractivity contribution in [1.82, 2.24) is 0 Å². The maximum absolute atomic E-state index is 9.48. The van der Waals surface area contributed by atoms with Gasteiger partial charge in [-0.15, -0.1) is 6.58 Å². The first-order chi connectivity index (χ1) is 5.95. The molecular formula is C11H22O2. The summed E-state index contributed by atoms with van der Waals surface area (Å²) < 4.78 is 5.45. The maximum atomic E-state index is 9.48. The fourth-order valence-electron chi connectivity index (χ4n) is 0.927. The lowest BCUT2D eigenvalue weighted by Gasteiger charge is -2.21. The largest absolute Gasteiger partial charge is 0.391 e. The number of hydrogen-bond donors (Lipinski definition) is 1. The van der Waals surface area contributed by atoms with E-state index in [0.29, 0.717) is 6.61 Å². The van der Waals surface area contributed by atoms with Gasteiger partial charge in [0, 0.05) is 0 Å². The van der Waals surface area contributed by atoms with E-state index in [-0.39, 0.29) is 11.7 Å². The zero-order chi connectivity index (χ0) is 10.3. The van der Waals surface area contributed by atoms with Crippen molar-refractivity contribution >= 4 is 0 Å². The second kappa shape index (κ2) is 6.17. The van der Waals surface area contributed by atoms with E-state index in [9.17, 15) is 5.11 Å². The van der Waals surface area contributed by atoms with Crippen LogP contribution in [0.5, 0.6) is 0 Å². The van der Waals surface area contributed by atoms with Gasteiger partial charge in [0.2, 0.25) is 0 Å². The summed E-state index contributed by atoms with van der Waals surface area (Å²) in [5.41, 5.74) is -0.153. The lowest BCUT2D eigenvalue weighted by molar-refractivity contribution is -0.0507. The zero-order valence-electron chi connectivity index (χ0n) is 9.05. The molecular weight excluding hydrogens is 164 g/mol. The van der Waals surface area contributed by atoms with Crippen LogP contribution in [-0.2, 0) is 4.74 Å². The molecule has 2 heteroatoms. The van der Waals surface area contributed by atoms with Crippen molar-refractivity contribution in [3.8, 4) is 0 Å². The zero-order valence-corrected chi connectivity index (χ0v) is 9.05. The van der Waals surface area contributed by atoms with Crippen LogP contribution in [0.25, 0.3) is 0 Å². The van der Waals surface area contributed by atoms with Crippen molar-refractivity contribution in [1.29, 1.82) is 0 Å². The molecule has 1 atom stereocenters. The number of unbranched alkanes of at least 4 members (excludes halogenated alkanes) is 1. The van der Waals surface area contributed by atoms with Crippen LogP contribution >= 0.6 is 0 Å². The Kier molecular flexibility index (Phi) is 6.00. The maximum Gasteiger partial charge on any atom is 0.0774 e. The summed E-state index contributed by atoms with van der Waals surface area (Å²) >= 11 is 0. The van der Waals surface area contributed by atoms with Gasteiger partial charge in [0.15, 0.2) is 0 Å². The SMILES string of the molecule is C=CCCCC(O)COC(C)(C)C. The summed E-state index contributed by atoms with van der Waals surface area (Å²) in [4.78, 5) is 0. The number of aliphatic hydroxyl groups is 1. The van der Waals surface area contributed by atoms with E-state index in [1.807, 2.05) is 26.8 Å². The quantitative estimate of drug-likeness (QED) is 0.510. The fourth-order valence-corrected chi connectivity index (χ4v) is 0.927. The molecule has 0 bridgehead atoms. The first-order valence-corrected chi connectivity index (χ1v) is 4.88. The molecule has 13 heavy (non-hydrogen) atoms. The third kappa shape index (κ3) is 9.57. The van der Waals surface area contributed by atoms with E-state index in [1.54, 1.807) is 0 Å². The summed E-state index contributed by atoms with van der Waals surface area (Å²) in [6.45, 7) is 10.0. The Balaban J connectivity index is 3.40. The Bertz CT molecular complexity index is 136. The van der Waals surface area contributed by atoms with Crippen LogP contribution in [0.15, 0.2) is 12.7 Å². The normalized spacial score (nSPS) is 14.2. The molecule has 0 saturated heterocycles. The van der Waals surface area contributed by atoms with Crippen LogP contribution in [0.1, 0.15) is 40.0 Å². The average molecular weight is 186 g/mol. The average Bonchev–Trinajstić information content (AvgIpc) is 2.00. The third-order valence-corrected chi connectivity index (χ3v) is 1.65. The van der Waals surface area contributed by atoms with Gasteiger partial charge >= 0.3 is 0 Å². The standard InChI is InChI=1S/C11H22O2/c1-5-6-7-8-10(12)9-13-11(2,3)4/h5,10,12H,1,6-9H2,2-4H3. The highest BCUT2D eigenvalue weighted by Gasteiger charge is 2.12. The summed E-state index contributed by atoms with van der Waals surface area (Å²) in [5, 5.41) is 9.48. The number of aliphatic hydroxyl groups excluding tert-OH is 1. The van der Waals surface area contributed by atoms with Crippen molar-refractivity contribution < 1.29 is 9.84 Å². The Morgan fingerprint density at radius 3 is 2.54 bits per heavy atom. The summed E-state index contributed by atoms with van der Waals surface area (Å²) in [6, 6.07) is 0. The van der Waals surface area contributed by atoms with Crippen molar-refractivity contribution in [3.63, 3.8) is 0 Å². The van der Waals surface area contributed by atoms with Crippen molar-refractivity contribution in [2.75, 3.05) is 6.61 Å². The molecule has 0 fully saturated rings. The second-order valence-electron chi connectivity index (χ2n) is 4.30. The molecule has 0 aromatic carbocycles. The van der Waals surface area contributed by atoms with Gasteiger partial charge in [0.1, 0.15) is 0 Å². The summed E-state index contributed by atoms with van der Waals surface area (Å²) in [7, 11) is 0. The minimum absolute atomic E-state index is 0.153. The van der Waals surface area contributed by atoms with E-state index < -0.39 is 0 Å². The van der Waals surface area contributed by atoms with Gasteiger partial charge in [-0.2, -0.15) is 0 Å². The molecule has 0 rings (SSSR count). The van der Waals surface area contributed by atoms with E-state index >= 15 is 0 Å². The second-order valence-corrected chi connectivity index (χ2v) is 4.30. The molecule has 1 N–H and O–H groups in total. The molecule has 0 aromatic rings. The van der Waals surface area contributed by atoms with Crippen LogP contribution in [0, 0.1) is 0 Å². The molecule has 0 aliphatic carbocycles. The minimum Gasteiger partial charge on any atom is -0.391 e. The Hall–Kier alpha value is -0.340. The first kappa shape index (κ1) is 12.7. The topological polar surface area (TPSA) is 29.5 Å². The van der Waals surface area contributed by atoms with Crippen molar-refractivity contribution in [3.05, 3.63) is 12.7 Å². The van der Waals surface area contributed by atoms with E-state index in [4.69, 9.17) is 4.74 Å². The molecule has 0 aliphatic rings. The Morgan fingerprint density at radius 1 is 1.46 bits per heavy atom. The molecule has 0 aromatic heterocycles. The predicted octanol–water partition coefficient (Wildman–Crippen LogP) is 2.52. The van der Waals surface area contributed by atoms with Gasteiger partial charge in [-0.05, 0) is 40.0 Å².